The van der Waals surface area contributed by atoms with Crippen molar-refractivity contribution in [2.24, 2.45) is 11.7 Å². The molecular formula is C13H29NO3Si. The molecule has 0 aliphatic carbocycles. The third-order valence-electron chi connectivity index (χ3n) is 4.57. The summed E-state index contributed by atoms with van der Waals surface area (Å²) in [6.07, 6.45) is 4.57. The summed E-state index contributed by atoms with van der Waals surface area (Å²) in [6, 6.07) is 0.890. The normalized spacial score (nSPS) is 33.3. The Hall–Kier alpha value is 0.0569. The second-order valence-electron chi connectivity index (χ2n) is 5.32. The molecule has 0 aromatic heterocycles. The summed E-state index contributed by atoms with van der Waals surface area (Å²) in [5, 5.41) is -0.426. The lowest BCUT2D eigenvalue weighted by molar-refractivity contribution is -0.0633. The van der Waals surface area contributed by atoms with Gasteiger partial charge in [0, 0.05) is 27.4 Å². The van der Waals surface area contributed by atoms with Gasteiger partial charge < -0.3 is 19.3 Å². The van der Waals surface area contributed by atoms with Gasteiger partial charge in [0.15, 0.2) is 0 Å². The fourth-order valence-electron chi connectivity index (χ4n) is 3.84. The van der Waals surface area contributed by atoms with Crippen molar-refractivity contribution in [2.45, 2.75) is 56.8 Å². The van der Waals surface area contributed by atoms with Crippen LogP contribution in [0.3, 0.4) is 0 Å². The van der Waals surface area contributed by atoms with Crippen LogP contribution in [0.2, 0.25) is 6.04 Å². The molecule has 3 atom stereocenters. The predicted octanol–water partition coefficient (Wildman–Crippen LogP) is 2.20. The Morgan fingerprint density at radius 3 is 2.33 bits per heavy atom. The molecule has 0 bridgehead atoms. The predicted molar refractivity (Wildman–Crippen MR) is 75.6 cm³/mol. The van der Waals surface area contributed by atoms with Gasteiger partial charge in [-0.25, -0.2) is 0 Å². The summed E-state index contributed by atoms with van der Waals surface area (Å²) in [5.74, 6) is 0.438. The fraction of sp³-hybridized carbons (Fsp3) is 1.00. The first-order valence-corrected chi connectivity index (χ1v) is 8.98. The standard InChI is InChI=1S/C13H29NO3Si/c1-6-8-12-9-7-10-18(16-4,17-5)13(12,15-3)11(2)14/h11-12H,6-10,14H2,1-5H3. The molecule has 18 heavy (non-hydrogen) atoms. The fourth-order valence-corrected chi connectivity index (χ4v) is 8.03. The summed E-state index contributed by atoms with van der Waals surface area (Å²) >= 11 is 0. The summed E-state index contributed by atoms with van der Waals surface area (Å²) in [5.41, 5.74) is 6.31. The number of nitrogens with two attached hydrogens (primary N) is 1. The van der Waals surface area contributed by atoms with E-state index in [0.29, 0.717) is 5.92 Å². The number of ether oxygens (including phenoxy) is 1. The summed E-state index contributed by atoms with van der Waals surface area (Å²) in [6.45, 7) is 4.23. The highest BCUT2D eigenvalue weighted by atomic mass is 28.4. The zero-order chi connectivity index (χ0) is 13.8. The first kappa shape index (κ1) is 16.1. The van der Waals surface area contributed by atoms with Crippen molar-refractivity contribution in [1.82, 2.24) is 0 Å². The molecular weight excluding hydrogens is 246 g/mol. The number of rotatable bonds is 6. The van der Waals surface area contributed by atoms with Crippen LogP contribution in [0.5, 0.6) is 0 Å². The average Bonchev–Trinajstić information content (AvgIpc) is 2.38. The summed E-state index contributed by atoms with van der Waals surface area (Å²) in [4.78, 5) is 0. The van der Waals surface area contributed by atoms with Gasteiger partial charge in [-0.3, -0.25) is 0 Å². The number of methoxy groups -OCH3 is 1. The van der Waals surface area contributed by atoms with E-state index in [1.165, 1.54) is 0 Å². The van der Waals surface area contributed by atoms with Gasteiger partial charge in [-0.1, -0.05) is 19.8 Å². The van der Waals surface area contributed by atoms with Crippen LogP contribution in [0.25, 0.3) is 0 Å². The quantitative estimate of drug-likeness (QED) is 0.755. The SMILES string of the molecule is CCCC1CCC[Si](OC)(OC)C1(OC)C(C)N. The van der Waals surface area contributed by atoms with Gasteiger partial charge in [0.2, 0.25) is 0 Å². The van der Waals surface area contributed by atoms with E-state index in [2.05, 4.69) is 6.92 Å². The van der Waals surface area contributed by atoms with Crippen LogP contribution in [0.15, 0.2) is 0 Å². The van der Waals surface area contributed by atoms with Crippen LogP contribution in [0.4, 0.5) is 0 Å². The maximum Gasteiger partial charge on any atom is 0.372 e. The van der Waals surface area contributed by atoms with E-state index in [1.54, 1.807) is 21.3 Å². The van der Waals surface area contributed by atoms with E-state index < -0.39 is 13.8 Å². The maximum atomic E-state index is 6.31. The lowest BCUT2D eigenvalue weighted by Crippen LogP contribution is -2.74. The molecule has 0 amide bonds. The molecule has 0 radical (unpaired) electrons. The first-order valence-electron chi connectivity index (χ1n) is 6.95. The second kappa shape index (κ2) is 6.48. The van der Waals surface area contributed by atoms with Crippen molar-refractivity contribution in [2.75, 3.05) is 21.3 Å². The molecule has 1 aliphatic rings. The minimum atomic E-state index is -2.42. The lowest BCUT2D eigenvalue weighted by atomic mass is 9.87. The topological polar surface area (TPSA) is 53.7 Å². The Morgan fingerprint density at radius 1 is 1.33 bits per heavy atom. The van der Waals surface area contributed by atoms with Gasteiger partial charge in [0.25, 0.3) is 0 Å². The molecule has 4 nitrogen and oxygen atoms in total. The van der Waals surface area contributed by atoms with Gasteiger partial charge >= 0.3 is 8.56 Å². The van der Waals surface area contributed by atoms with Crippen molar-refractivity contribution in [3.63, 3.8) is 0 Å². The molecule has 0 saturated carbocycles. The monoisotopic (exact) mass is 275 g/mol. The van der Waals surface area contributed by atoms with Crippen molar-refractivity contribution >= 4 is 8.56 Å². The average molecular weight is 275 g/mol. The molecule has 0 aromatic carbocycles. The number of hydrogen-bond acceptors (Lipinski definition) is 4. The van der Waals surface area contributed by atoms with Crippen LogP contribution in [-0.2, 0) is 13.6 Å². The third-order valence-corrected chi connectivity index (χ3v) is 9.16. The van der Waals surface area contributed by atoms with Crippen LogP contribution >= 0.6 is 0 Å². The Morgan fingerprint density at radius 2 is 1.94 bits per heavy atom. The largest absolute Gasteiger partial charge is 0.396 e. The molecule has 1 fully saturated rings. The van der Waals surface area contributed by atoms with Crippen molar-refractivity contribution in [3.8, 4) is 0 Å². The van der Waals surface area contributed by atoms with Crippen molar-refractivity contribution < 1.29 is 13.6 Å². The van der Waals surface area contributed by atoms with E-state index in [0.717, 1.165) is 31.7 Å². The van der Waals surface area contributed by atoms with Gasteiger partial charge in [0.1, 0.15) is 5.22 Å². The van der Waals surface area contributed by atoms with Crippen LogP contribution in [0, 0.1) is 5.92 Å². The highest BCUT2D eigenvalue weighted by Gasteiger charge is 2.64. The van der Waals surface area contributed by atoms with Gasteiger partial charge in [-0.15, -0.1) is 0 Å². The Labute approximate surface area is 112 Å². The highest BCUT2D eigenvalue weighted by molar-refractivity contribution is 6.71. The second-order valence-corrected chi connectivity index (χ2v) is 8.93. The van der Waals surface area contributed by atoms with E-state index in [-0.39, 0.29) is 6.04 Å². The highest BCUT2D eigenvalue weighted by Crippen LogP contribution is 2.47. The minimum absolute atomic E-state index is 0.0779. The van der Waals surface area contributed by atoms with Gasteiger partial charge in [0.05, 0.1) is 0 Å². The Balaban J connectivity index is 3.23. The van der Waals surface area contributed by atoms with Crippen LogP contribution in [0.1, 0.15) is 39.5 Å². The lowest BCUT2D eigenvalue weighted by Gasteiger charge is -2.54. The zero-order valence-corrected chi connectivity index (χ0v) is 13.5. The molecule has 108 valence electrons. The van der Waals surface area contributed by atoms with E-state index in [1.807, 2.05) is 6.92 Å². The summed E-state index contributed by atoms with van der Waals surface area (Å²) in [7, 11) is 2.84. The first-order chi connectivity index (χ1) is 8.54. The Kier molecular flexibility index (Phi) is 5.80. The maximum absolute atomic E-state index is 6.31. The van der Waals surface area contributed by atoms with Gasteiger partial charge in [-0.05, 0) is 31.7 Å². The van der Waals surface area contributed by atoms with Crippen LogP contribution < -0.4 is 5.73 Å². The smallest absolute Gasteiger partial charge is 0.372 e. The molecule has 1 heterocycles. The molecule has 0 spiro atoms. The minimum Gasteiger partial charge on any atom is -0.396 e. The molecule has 2 N–H and O–H groups in total. The molecule has 3 unspecified atom stereocenters. The van der Waals surface area contributed by atoms with Crippen molar-refractivity contribution in [3.05, 3.63) is 0 Å². The molecule has 1 saturated heterocycles. The molecule has 1 rings (SSSR count). The van der Waals surface area contributed by atoms with E-state index in [4.69, 9.17) is 19.3 Å². The van der Waals surface area contributed by atoms with Crippen LogP contribution in [-0.4, -0.2) is 41.2 Å². The Bertz CT molecular complexity index is 257. The molecule has 1 aliphatic heterocycles. The summed E-state index contributed by atoms with van der Waals surface area (Å²) < 4.78 is 17.8. The molecule has 0 aromatic rings. The van der Waals surface area contributed by atoms with E-state index >= 15 is 0 Å². The third kappa shape index (κ3) is 2.27. The zero-order valence-electron chi connectivity index (χ0n) is 12.5. The number of hydrogen-bond donors (Lipinski definition) is 1. The van der Waals surface area contributed by atoms with E-state index in [9.17, 15) is 0 Å². The van der Waals surface area contributed by atoms with Gasteiger partial charge in [-0.2, -0.15) is 0 Å². The van der Waals surface area contributed by atoms with Crippen molar-refractivity contribution in [1.29, 1.82) is 0 Å². The molecule has 5 heteroatoms.